The zero-order chi connectivity index (χ0) is 12.0. The summed E-state index contributed by atoms with van der Waals surface area (Å²) in [5, 5.41) is 22.0. The summed E-state index contributed by atoms with van der Waals surface area (Å²) in [5.41, 5.74) is -0.788. The first-order valence-electron chi connectivity index (χ1n) is 4.18. The van der Waals surface area contributed by atoms with Crippen LogP contribution in [0.5, 0.6) is 5.88 Å². The number of nitrogens with zero attached hydrogens (tertiary/aromatic N) is 5. The molecule has 0 unspecified atom stereocenters. The van der Waals surface area contributed by atoms with E-state index in [0.717, 1.165) is 9.13 Å². The molecule has 0 N–H and O–H groups in total. The van der Waals surface area contributed by atoms with Crippen LogP contribution >= 0.6 is 0 Å². The Kier molecular flexibility index (Phi) is 4.04. The quantitative estimate of drug-likeness (QED) is 0.291. The van der Waals surface area contributed by atoms with E-state index in [1.165, 1.54) is 14.1 Å². The Bertz CT molecular complexity index is 618. The van der Waals surface area contributed by atoms with Crippen molar-refractivity contribution in [2.75, 3.05) is 0 Å². The van der Waals surface area contributed by atoms with Crippen LogP contribution in [0.3, 0.4) is 0 Å². The predicted molar refractivity (Wildman–Crippen MR) is 49.0 cm³/mol. The van der Waals surface area contributed by atoms with E-state index in [4.69, 9.17) is 0 Å². The van der Waals surface area contributed by atoms with Crippen LogP contribution in [0, 0.1) is 10.1 Å². The fourth-order valence-electron chi connectivity index (χ4n) is 1.34. The Morgan fingerprint density at radius 2 is 1.82 bits per heavy atom. The molecule has 2 heterocycles. The molecular weight excluding hydrogens is 257 g/mol. The van der Waals surface area contributed by atoms with Crippen LogP contribution in [0.25, 0.3) is 11.5 Å². The summed E-state index contributed by atoms with van der Waals surface area (Å²) in [5.74, 6) is -1.47. The summed E-state index contributed by atoms with van der Waals surface area (Å²) < 4.78 is 1.86. The second-order valence-corrected chi connectivity index (χ2v) is 3.16. The van der Waals surface area contributed by atoms with Gasteiger partial charge in [0.15, 0.2) is 0 Å². The van der Waals surface area contributed by atoms with Gasteiger partial charge >= 0.3 is 63.0 Å². The molecule has 2 rings (SSSR count). The number of hydrogen-bond donors (Lipinski definition) is 0. The van der Waals surface area contributed by atoms with Crippen molar-refractivity contribution in [2.24, 2.45) is 14.1 Å². The van der Waals surface area contributed by atoms with Gasteiger partial charge in [0.1, 0.15) is 0 Å². The number of fused-ring (bicyclic) bond motifs is 1. The first-order chi connectivity index (χ1) is 7.43. The van der Waals surface area contributed by atoms with Crippen molar-refractivity contribution < 1.29 is 61.4 Å². The Balaban J connectivity index is 0.00000144. The minimum atomic E-state index is -0.816. The van der Waals surface area contributed by atoms with Crippen LogP contribution in [0.1, 0.15) is 0 Å². The summed E-state index contributed by atoms with van der Waals surface area (Å²) in [6, 6.07) is 0. The maximum atomic E-state index is 11.6. The van der Waals surface area contributed by atoms with Gasteiger partial charge in [0, 0.05) is 20.0 Å². The molecule has 2 aliphatic rings. The number of hydrogen-bond acceptors (Lipinski definition) is 6. The van der Waals surface area contributed by atoms with Crippen LogP contribution in [0.15, 0.2) is 4.79 Å². The minimum absolute atomic E-state index is 0. The summed E-state index contributed by atoms with van der Waals surface area (Å²) in [7, 11) is 2.63. The monoisotopic (exact) mass is 263 g/mol. The molecule has 0 aromatic carbocycles. The molecule has 17 heavy (non-hydrogen) atoms. The summed E-state index contributed by atoms with van der Waals surface area (Å²) in [4.78, 5) is 28.1. The van der Waals surface area contributed by atoms with Crippen molar-refractivity contribution in [3.63, 3.8) is 0 Å². The first kappa shape index (κ1) is 14.2. The van der Waals surface area contributed by atoms with E-state index in [-0.39, 0.29) is 62.9 Å². The summed E-state index contributed by atoms with van der Waals surface area (Å²) >= 11 is 0. The van der Waals surface area contributed by atoms with Gasteiger partial charge < -0.3 is 19.8 Å². The van der Waals surface area contributed by atoms with E-state index in [1.54, 1.807) is 0 Å². The third-order valence-corrected chi connectivity index (χ3v) is 2.19. The molecule has 0 fully saturated rings. The van der Waals surface area contributed by atoms with Crippen molar-refractivity contribution >= 4 is 5.95 Å². The largest absolute Gasteiger partial charge is 1.00 e. The van der Waals surface area contributed by atoms with Crippen molar-refractivity contribution in [2.45, 2.75) is 0 Å². The molecule has 2 aliphatic heterocycles. The van der Waals surface area contributed by atoms with Gasteiger partial charge in [-0.3, -0.25) is 4.57 Å². The molecule has 0 aromatic heterocycles. The smallest absolute Gasteiger partial charge is 0.857 e. The van der Waals surface area contributed by atoms with Gasteiger partial charge in [0.2, 0.25) is 5.69 Å². The molecule has 0 aromatic rings. The number of rotatable bonds is 1. The molecule has 0 saturated carbocycles. The number of aromatic nitrogens is 4. The van der Waals surface area contributed by atoms with Crippen molar-refractivity contribution in [3.05, 3.63) is 20.6 Å². The molecule has 84 valence electrons. The fraction of sp³-hybridized carbons (Fsp3) is 0.286. The van der Waals surface area contributed by atoms with Crippen molar-refractivity contribution in [1.29, 1.82) is 0 Å². The molecule has 10 heteroatoms. The number of nitro groups is 1. The van der Waals surface area contributed by atoms with E-state index in [2.05, 4.69) is 9.97 Å². The van der Waals surface area contributed by atoms with Gasteiger partial charge in [-0.25, -0.2) is 4.79 Å². The molecule has 0 saturated heterocycles. The Labute approximate surface area is 137 Å². The van der Waals surface area contributed by atoms with Crippen molar-refractivity contribution in [3.8, 4) is 17.4 Å². The minimum Gasteiger partial charge on any atom is -0.857 e. The second kappa shape index (κ2) is 4.82. The molecule has 0 atom stereocenters. The molecule has 9 nitrogen and oxygen atoms in total. The first-order valence-corrected chi connectivity index (χ1v) is 4.18. The summed E-state index contributed by atoms with van der Waals surface area (Å²) in [6.07, 6.45) is 0. The molecule has 0 aliphatic carbocycles. The van der Waals surface area contributed by atoms with Gasteiger partial charge in [-0.2, -0.15) is 0 Å². The third-order valence-electron chi connectivity index (χ3n) is 2.19. The maximum absolute atomic E-state index is 11.6. The topological polar surface area (TPSA) is 119 Å². The average Bonchev–Trinajstić information content (AvgIpc) is 2.68. The Morgan fingerprint density at radius 1 is 1.24 bits per heavy atom. The predicted octanol–water partition coefficient (Wildman–Crippen LogP) is -4.40. The van der Waals surface area contributed by atoms with E-state index < -0.39 is 22.4 Å². The summed E-state index contributed by atoms with van der Waals surface area (Å²) in [6.45, 7) is 0. The fourth-order valence-corrected chi connectivity index (χ4v) is 1.34. The Hall–Kier alpha value is -0.814. The maximum Gasteiger partial charge on any atom is 1.00 e. The number of imidazole rings is 1. The van der Waals surface area contributed by atoms with Gasteiger partial charge in [-0.1, -0.05) is 4.98 Å². The molecule has 0 radical (unpaired) electrons. The van der Waals surface area contributed by atoms with Crippen molar-refractivity contribution in [1.82, 2.24) is 19.1 Å². The normalized spacial score (nSPS) is 10.2. The third kappa shape index (κ3) is 2.13. The van der Waals surface area contributed by atoms with E-state index in [9.17, 15) is 20.0 Å². The van der Waals surface area contributed by atoms with Crippen LogP contribution in [-0.4, -0.2) is 24.0 Å². The molecular formula is C7H6KN5O4. The molecule has 0 bridgehead atoms. The van der Waals surface area contributed by atoms with Gasteiger partial charge in [-0.15, -0.1) is 0 Å². The van der Waals surface area contributed by atoms with Crippen LogP contribution in [-0.2, 0) is 14.1 Å². The van der Waals surface area contributed by atoms with Crippen LogP contribution < -0.4 is 62.2 Å². The Morgan fingerprint density at radius 3 is 2.35 bits per heavy atom. The van der Waals surface area contributed by atoms with Crippen LogP contribution in [0.4, 0.5) is 5.95 Å². The SMILES string of the molecule is Cn1c2nc([N+](=O)[O-])nc-2c([O-])n(C)c1=O.[K+]. The van der Waals surface area contributed by atoms with E-state index in [0.29, 0.717) is 0 Å². The van der Waals surface area contributed by atoms with Gasteiger partial charge in [0.05, 0.1) is 0 Å². The molecule has 0 spiro atoms. The molecule has 0 amide bonds. The standard InChI is InChI=1S/C7H7N5O4.K/c1-10-4-3(5(13)11(2)7(10)14)8-6(9-4)12(15)16;/h13H,1-2H3;/q;+1/p-1. The van der Waals surface area contributed by atoms with Gasteiger partial charge in [0.25, 0.3) is 5.82 Å². The van der Waals surface area contributed by atoms with Gasteiger partial charge in [-0.05, 0) is 9.91 Å². The van der Waals surface area contributed by atoms with E-state index in [1.807, 2.05) is 0 Å². The average molecular weight is 263 g/mol. The van der Waals surface area contributed by atoms with Crippen LogP contribution in [0.2, 0.25) is 0 Å². The second-order valence-electron chi connectivity index (χ2n) is 3.16. The zero-order valence-corrected chi connectivity index (χ0v) is 12.5. The van der Waals surface area contributed by atoms with E-state index >= 15 is 0 Å². The zero-order valence-electron chi connectivity index (χ0n) is 9.37.